The lowest BCUT2D eigenvalue weighted by Crippen LogP contribution is -2.15. The SMILES string of the molecule is c1ccc(N(c2ccc3ccccc3c2)c2cc3ccc2CCc2ccc(c(N(c4ccccc4)c4ccc5ccccc5c4)c2)CC3)cc1. The number of para-hydroxylation sites is 2. The van der Waals surface area contributed by atoms with Crippen molar-refractivity contribution in [3.63, 3.8) is 0 Å². The van der Waals surface area contributed by atoms with Gasteiger partial charge in [-0.15, -0.1) is 0 Å². The molecule has 0 heterocycles. The third-order valence-corrected chi connectivity index (χ3v) is 10.2. The third kappa shape index (κ3) is 5.80. The fraction of sp³-hybridized carbons (Fsp3) is 0.0833. The largest absolute Gasteiger partial charge is 0.310 e. The molecule has 4 bridgehead atoms. The highest BCUT2D eigenvalue weighted by molar-refractivity contribution is 5.91. The average Bonchev–Trinajstić information content (AvgIpc) is 3.17. The van der Waals surface area contributed by atoms with Crippen LogP contribution in [0.2, 0.25) is 0 Å². The van der Waals surface area contributed by atoms with Crippen molar-refractivity contribution < 1.29 is 0 Å². The van der Waals surface area contributed by atoms with Crippen LogP contribution in [-0.2, 0) is 25.7 Å². The Kier molecular flexibility index (Phi) is 7.83. The summed E-state index contributed by atoms with van der Waals surface area (Å²) < 4.78 is 0. The standard InChI is InChI=1S/C48H38N2/c1-3-15-43(16-4-1)49(45-29-27-37-11-7-9-13-41(37)33-45)47-31-35-19-23-39(47)25-21-36-20-24-40(26-22-35)48(32-36)50(44-17-5-2-6-18-44)46-30-28-38-12-8-10-14-42(38)34-46/h1-20,23-24,27-34H,21-22,25-26H2. The van der Waals surface area contributed by atoms with Crippen LogP contribution < -0.4 is 9.80 Å². The molecule has 4 aliphatic carbocycles. The predicted octanol–water partition coefficient (Wildman–Crippen LogP) is 12.8. The Balaban J connectivity index is 1.14. The molecule has 0 saturated carbocycles. The minimum absolute atomic E-state index is 0.937. The first-order chi connectivity index (χ1) is 24.8. The molecule has 8 aromatic rings. The Labute approximate surface area is 294 Å². The van der Waals surface area contributed by atoms with Crippen LogP contribution in [0.15, 0.2) is 182 Å². The number of aryl methyl sites for hydroxylation is 4. The van der Waals surface area contributed by atoms with E-state index in [-0.39, 0.29) is 0 Å². The van der Waals surface area contributed by atoms with Crippen molar-refractivity contribution in [1.82, 2.24) is 0 Å². The summed E-state index contributed by atoms with van der Waals surface area (Å²) in [5, 5.41) is 5.01. The summed E-state index contributed by atoms with van der Waals surface area (Å²) in [6.07, 6.45) is 3.76. The molecule has 0 fully saturated rings. The molecule has 0 spiro atoms. The first-order valence-electron chi connectivity index (χ1n) is 17.7. The van der Waals surface area contributed by atoms with Crippen molar-refractivity contribution in [2.75, 3.05) is 9.80 Å². The van der Waals surface area contributed by atoms with E-state index in [9.17, 15) is 0 Å². The maximum absolute atomic E-state index is 2.46. The van der Waals surface area contributed by atoms with E-state index in [1.807, 2.05) is 0 Å². The van der Waals surface area contributed by atoms with Gasteiger partial charge < -0.3 is 9.80 Å². The van der Waals surface area contributed by atoms with E-state index in [4.69, 9.17) is 0 Å². The summed E-state index contributed by atoms with van der Waals surface area (Å²) in [5.74, 6) is 0. The lowest BCUT2D eigenvalue weighted by atomic mass is 9.93. The van der Waals surface area contributed by atoms with Crippen LogP contribution in [-0.4, -0.2) is 0 Å². The van der Waals surface area contributed by atoms with Crippen molar-refractivity contribution in [1.29, 1.82) is 0 Å². The second-order valence-corrected chi connectivity index (χ2v) is 13.3. The quantitative estimate of drug-likeness (QED) is 0.178. The van der Waals surface area contributed by atoms with Crippen LogP contribution in [0, 0.1) is 0 Å². The Hall–Kier alpha value is -6.12. The summed E-state index contributed by atoms with van der Waals surface area (Å²) in [6.45, 7) is 0. The molecule has 0 aromatic heterocycles. The second kappa shape index (κ2) is 13.1. The highest BCUT2D eigenvalue weighted by atomic mass is 15.1. The molecule has 2 nitrogen and oxygen atoms in total. The summed E-state index contributed by atoms with van der Waals surface area (Å²) in [6, 6.07) is 67.0. The van der Waals surface area contributed by atoms with Gasteiger partial charge in [0.1, 0.15) is 0 Å². The number of hydrogen-bond acceptors (Lipinski definition) is 2. The van der Waals surface area contributed by atoms with Crippen LogP contribution >= 0.6 is 0 Å². The molecule has 4 aliphatic rings. The number of hydrogen-bond donors (Lipinski definition) is 0. The second-order valence-electron chi connectivity index (χ2n) is 13.3. The first kappa shape index (κ1) is 30.0. The van der Waals surface area contributed by atoms with E-state index >= 15 is 0 Å². The summed E-state index contributed by atoms with van der Waals surface area (Å²) >= 11 is 0. The van der Waals surface area contributed by atoms with Gasteiger partial charge in [0.05, 0.1) is 0 Å². The number of anilines is 6. The molecular weight excluding hydrogens is 605 g/mol. The number of benzene rings is 8. The van der Waals surface area contributed by atoms with Crippen molar-refractivity contribution in [2.45, 2.75) is 25.7 Å². The van der Waals surface area contributed by atoms with Gasteiger partial charge in [-0.25, -0.2) is 0 Å². The fourth-order valence-corrected chi connectivity index (χ4v) is 7.57. The smallest absolute Gasteiger partial charge is 0.0496 e. The topological polar surface area (TPSA) is 6.48 Å². The number of rotatable bonds is 6. The van der Waals surface area contributed by atoms with Crippen molar-refractivity contribution in [2.24, 2.45) is 0 Å². The van der Waals surface area contributed by atoms with E-state index < -0.39 is 0 Å². The van der Waals surface area contributed by atoms with Gasteiger partial charge in [0.25, 0.3) is 0 Å². The Morgan fingerprint density at radius 3 is 1.12 bits per heavy atom. The molecule has 240 valence electrons. The molecule has 12 rings (SSSR count). The van der Waals surface area contributed by atoms with E-state index in [0.29, 0.717) is 0 Å². The maximum atomic E-state index is 2.46. The third-order valence-electron chi connectivity index (χ3n) is 10.2. The summed E-state index contributed by atoms with van der Waals surface area (Å²) in [4.78, 5) is 4.92. The fourth-order valence-electron chi connectivity index (χ4n) is 7.57. The minimum atomic E-state index is 0.937. The van der Waals surface area contributed by atoms with E-state index in [2.05, 4.69) is 192 Å². The van der Waals surface area contributed by atoms with Gasteiger partial charge in [-0.05, 0) is 130 Å². The first-order valence-corrected chi connectivity index (χ1v) is 17.7. The minimum Gasteiger partial charge on any atom is -0.310 e. The van der Waals surface area contributed by atoms with Gasteiger partial charge in [0, 0.05) is 34.1 Å². The van der Waals surface area contributed by atoms with Gasteiger partial charge >= 0.3 is 0 Å². The molecular formula is C48H38N2. The van der Waals surface area contributed by atoms with Crippen LogP contribution in [0.4, 0.5) is 34.1 Å². The molecule has 0 radical (unpaired) electrons. The van der Waals surface area contributed by atoms with Gasteiger partial charge in [-0.1, -0.05) is 121 Å². The van der Waals surface area contributed by atoms with E-state index in [1.165, 1.54) is 77.9 Å². The molecule has 0 saturated heterocycles. The molecule has 0 atom stereocenters. The zero-order chi connectivity index (χ0) is 33.3. The zero-order valence-electron chi connectivity index (χ0n) is 28.0. The molecule has 0 amide bonds. The lowest BCUT2D eigenvalue weighted by Gasteiger charge is -2.30. The van der Waals surface area contributed by atoms with Gasteiger partial charge in [-0.2, -0.15) is 0 Å². The van der Waals surface area contributed by atoms with Gasteiger partial charge in [0.15, 0.2) is 0 Å². The van der Waals surface area contributed by atoms with Crippen molar-refractivity contribution in [3.8, 4) is 0 Å². The predicted molar refractivity (Wildman–Crippen MR) is 212 cm³/mol. The molecule has 2 heteroatoms. The normalized spacial score (nSPS) is 12.5. The number of nitrogens with zero attached hydrogens (tertiary/aromatic N) is 2. The summed E-state index contributed by atoms with van der Waals surface area (Å²) in [5.41, 5.74) is 12.6. The van der Waals surface area contributed by atoms with Crippen LogP contribution in [0.3, 0.4) is 0 Å². The molecule has 0 aliphatic heterocycles. The average molecular weight is 643 g/mol. The van der Waals surface area contributed by atoms with Crippen LogP contribution in [0.25, 0.3) is 21.5 Å². The highest BCUT2D eigenvalue weighted by Crippen LogP contribution is 2.42. The van der Waals surface area contributed by atoms with Crippen molar-refractivity contribution in [3.05, 3.63) is 204 Å². The molecule has 50 heavy (non-hydrogen) atoms. The van der Waals surface area contributed by atoms with Gasteiger partial charge in [0.2, 0.25) is 0 Å². The maximum Gasteiger partial charge on any atom is 0.0496 e. The van der Waals surface area contributed by atoms with Crippen LogP contribution in [0.5, 0.6) is 0 Å². The monoisotopic (exact) mass is 642 g/mol. The van der Waals surface area contributed by atoms with Crippen LogP contribution in [0.1, 0.15) is 22.3 Å². The highest BCUT2D eigenvalue weighted by Gasteiger charge is 2.21. The molecule has 0 N–H and O–H groups in total. The van der Waals surface area contributed by atoms with Gasteiger partial charge in [-0.3, -0.25) is 0 Å². The zero-order valence-corrected chi connectivity index (χ0v) is 28.0. The Morgan fingerprint density at radius 1 is 0.280 bits per heavy atom. The molecule has 8 aromatic carbocycles. The van der Waals surface area contributed by atoms with E-state index in [1.54, 1.807) is 0 Å². The Morgan fingerprint density at radius 2 is 0.680 bits per heavy atom. The van der Waals surface area contributed by atoms with E-state index in [0.717, 1.165) is 25.7 Å². The number of fused-ring (bicyclic) bond motifs is 2. The van der Waals surface area contributed by atoms with Crippen molar-refractivity contribution >= 4 is 55.7 Å². The molecule has 0 unspecified atom stereocenters. The summed E-state index contributed by atoms with van der Waals surface area (Å²) in [7, 11) is 0. The Bertz CT molecular complexity index is 2270. The lowest BCUT2D eigenvalue weighted by molar-refractivity contribution is 0.916.